The first-order chi connectivity index (χ1) is 11.1. The second kappa shape index (κ2) is 6.86. The van der Waals surface area contributed by atoms with Crippen LogP contribution < -0.4 is 0 Å². The normalized spacial score (nSPS) is 18.3. The third-order valence-corrected chi connectivity index (χ3v) is 4.62. The Morgan fingerprint density at radius 1 is 1.22 bits per heavy atom. The van der Waals surface area contributed by atoms with Gasteiger partial charge in [-0.1, -0.05) is 18.2 Å². The number of fused-ring (bicyclic) bond motifs is 1. The molecule has 1 N–H and O–H groups in total. The van der Waals surface area contributed by atoms with Gasteiger partial charge < -0.3 is 14.6 Å². The van der Waals surface area contributed by atoms with Crippen molar-refractivity contribution < 1.29 is 14.7 Å². The summed E-state index contributed by atoms with van der Waals surface area (Å²) < 4.78 is 1.98. The molecule has 0 unspecified atom stereocenters. The zero-order valence-electron chi connectivity index (χ0n) is 13.1. The van der Waals surface area contributed by atoms with Gasteiger partial charge in [0.1, 0.15) is 6.54 Å². The van der Waals surface area contributed by atoms with E-state index in [1.165, 1.54) is 0 Å². The van der Waals surface area contributed by atoms with E-state index < -0.39 is 5.97 Å². The highest BCUT2D eigenvalue weighted by molar-refractivity contribution is 5.83. The maximum Gasteiger partial charge on any atom is 0.303 e. The zero-order valence-corrected chi connectivity index (χ0v) is 13.1. The van der Waals surface area contributed by atoms with Crippen molar-refractivity contribution in [2.75, 3.05) is 13.1 Å². The topological polar surface area (TPSA) is 62.5 Å². The number of amides is 1. The standard InChI is InChI=1S/C18H22N2O3/c21-17(13-19-11-9-15-5-1-2-6-16(15)19)20-10-3-4-14(12-20)7-8-18(22)23/h1-2,5-6,9,11,14H,3-4,7-8,10,12-13H2,(H,22,23)/t14-/m1/s1. The van der Waals surface area contributed by atoms with Gasteiger partial charge in [0.05, 0.1) is 0 Å². The summed E-state index contributed by atoms with van der Waals surface area (Å²) in [7, 11) is 0. The Morgan fingerprint density at radius 2 is 2.04 bits per heavy atom. The molecule has 0 bridgehead atoms. The molecular weight excluding hydrogens is 292 g/mol. The summed E-state index contributed by atoms with van der Waals surface area (Å²) in [5, 5.41) is 9.94. The van der Waals surface area contributed by atoms with E-state index in [2.05, 4.69) is 0 Å². The van der Waals surface area contributed by atoms with E-state index in [1.54, 1.807) is 0 Å². The quantitative estimate of drug-likeness (QED) is 0.923. The summed E-state index contributed by atoms with van der Waals surface area (Å²) in [6.07, 6.45) is 4.78. The molecule has 23 heavy (non-hydrogen) atoms. The first kappa shape index (κ1) is 15.6. The lowest BCUT2D eigenvalue weighted by atomic mass is 9.93. The van der Waals surface area contributed by atoms with E-state index in [9.17, 15) is 9.59 Å². The second-order valence-corrected chi connectivity index (χ2v) is 6.28. The van der Waals surface area contributed by atoms with Crippen molar-refractivity contribution in [3.63, 3.8) is 0 Å². The number of carboxylic acid groups (broad SMARTS) is 1. The highest BCUT2D eigenvalue weighted by Crippen LogP contribution is 2.22. The number of aliphatic carboxylic acids is 1. The molecule has 0 saturated carbocycles. The lowest BCUT2D eigenvalue weighted by Gasteiger charge is -2.32. The minimum atomic E-state index is -0.757. The van der Waals surface area contributed by atoms with E-state index in [4.69, 9.17) is 5.11 Å². The molecule has 1 aromatic heterocycles. The number of rotatable bonds is 5. The Balaban J connectivity index is 1.62. The number of carboxylic acids is 1. The molecule has 1 saturated heterocycles. The minimum absolute atomic E-state index is 0.117. The summed E-state index contributed by atoms with van der Waals surface area (Å²) in [5.74, 6) is -0.330. The Morgan fingerprint density at radius 3 is 2.87 bits per heavy atom. The van der Waals surface area contributed by atoms with Crippen molar-refractivity contribution >= 4 is 22.8 Å². The number of carbonyl (C=O) groups is 2. The van der Waals surface area contributed by atoms with Gasteiger partial charge in [0.2, 0.25) is 5.91 Å². The summed E-state index contributed by atoms with van der Waals surface area (Å²) in [6, 6.07) is 10.1. The molecule has 1 aliphatic rings. The Hall–Kier alpha value is -2.30. The van der Waals surface area contributed by atoms with Crippen LogP contribution in [0.1, 0.15) is 25.7 Å². The van der Waals surface area contributed by atoms with Crippen molar-refractivity contribution in [2.45, 2.75) is 32.2 Å². The number of likely N-dealkylation sites (tertiary alicyclic amines) is 1. The molecule has 5 nitrogen and oxygen atoms in total. The number of aromatic nitrogens is 1. The summed E-state index contributed by atoms with van der Waals surface area (Å²) in [5.41, 5.74) is 1.07. The maximum atomic E-state index is 12.6. The molecule has 1 fully saturated rings. The average Bonchev–Trinajstić information content (AvgIpc) is 2.96. The van der Waals surface area contributed by atoms with E-state index >= 15 is 0 Å². The molecule has 5 heteroatoms. The average molecular weight is 314 g/mol. The highest BCUT2D eigenvalue weighted by atomic mass is 16.4. The number of carbonyl (C=O) groups excluding carboxylic acids is 1. The number of hydrogen-bond acceptors (Lipinski definition) is 2. The second-order valence-electron chi connectivity index (χ2n) is 6.28. The van der Waals surface area contributed by atoms with Crippen LogP contribution in [0.25, 0.3) is 10.9 Å². The molecule has 0 spiro atoms. The lowest BCUT2D eigenvalue weighted by Crippen LogP contribution is -2.41. The summed E-state index contributed by atoms with van der Waals surface area (Å²) in [4.78, 5) is 25.2. The van der Waals surface area contributed by atoms with Crippen molar-refractivity contribution in [2.24, 2.45) is 5.92 Å². The highest BCUT2D eigenvalue weighted by Gasteiger charge is 2.24. The minimum Gasteiger partial charge on any atom is -0.481 e. The van der Waals surface area contributed by atoms with Gasteiger partial charge in [-0.2, -0.15) is 0 Å². The van der Waals surface area contributed by atoms with Crippen LogP contribution in [0.4, 0.5) is 0 Å². The smallest absolute Gasteiger partial charge is 0.303 e. The van der Waals surface area contributed by atoms with Crippen molar-refractivity contribution in [3.8, 4) is 0 Å². The number of nitrogens with zero attached hydrogens (tertiary/aromatic N) is 2. The maximum absolute atomic E-state index is 12.6. The molecular formula is C18H22N2O3. The molecule has 1 atom stereocenters. The van der Waals surface area contributed by atoms with Gasteiger partial charge in [0.15, 0.2) is 0 Å². The molecule has 122 valence electrons. The van der Waals surface area contributed by atoms with Crippen LogP contribution in [0.5, 0.6) is 0 Å². The van der Waals surface area contributed by atoms with Crippen LogP contribution >= 0.6 is 0 Å². The molecule has 1 aromatic carbocycles. The Kier molecular flexibility index (Phi) is 4.65. The van der Waals surface area contributed by atoms with Gasteiger partial charge in [-0.3, -0.25) is 9.59 Å². The predicted octanol–water partition coefficient (Wildman–Crippen LogP) is 2.74. The number of para-hydroxylation sites is 1. The fourth-order valence-electron chi connectivity index (χ4n) is 3.38. The molecule has 2 heterocycles. The largest absolute Gasteiger partial charge is 0.481 e. The van der Waals surface area contributed by atoms with E-state index in [0.29, 0.717) is 25.4 Å². The summed E-state index contributed by atoms with van der Waals surface area (Å²) in [6.45, 7) is 1.81. The van der Waals surface area contributed by atoms with Gasteiger partial charge in [0.25, 0.3) is 0 Å². The van der Waals surface area contributed by atoms with Gasteiger partial charge in [-0.15, -0.1) is 0 Å². The van der Waals surface area contributed by atoms with Crippen LogP contribution in [0.3, 0.4) is 0 Å². The van der Waals surface area contributed by atoms with Gasteiger partial charge in [-0.25, -0.2) is 0 Å². The van der Waals surface area contributed by atoms with Crippen molar-refractivity contribution in [1.82, 2.24) is 9.47 Å². The Labute approximate surface area is 135 Å². The van der Waals surface area contributed by atoms with Crippen LogP contribution in [-0.2, 0) is 16.1 Å². The van der Waals surface area contributed by atoms with E-state index in [-0.39, 0.29) is 12.3 Å². The number of hydrogen-bond donors (Lipinski definition) is 1. The molecule has 2 aromatic rings. The zero-order chi connectivity index (χ0) is 16.2. The fraction of sp³-hybridized carbons (Fsp3) is 0.444. The first-order valence-electron chi connectivity index (χ1n) is 8.17. The molecule has 0 radical (unpaired) electrons. The monoisotopic (exact) mass is 314 g/mol. The van der Waals surface area contributed by atoms with Crippen molar-refractivity contribution in [3.05, 3.63) is 36.5 Å². The molecule has 1 aliphatic heterocycles. The molecule has 1 amide bonds. The van der Waals surface area contributed by atoms with Gasteiger partial charge in [0, 0.05) is 31.2 Å². The number of benzene rings is 1. The van der Waals surface area contributed by atoms with Gasteiger partial charge >= 0.3 is 5.97 Å². The summed E-state index contributed by atoms with van der Waals surface area (Å²) >= 11 is 0. The molecule has 3 rings (SSSR count). The Bertz CT molecular complexity index is 707. The molecule has 0 aliphatic carbocycles. The third-order valence-electron chi connectivity index (χ3n) is 4.62. The predicted molar refractivity (Wildman–Crippen MR) is 88.1 cm³/mol. The van der Waals surface area contributed by atoms with E-state index in [0.717, 1.165) is 30.3 Å². The van der Waals surface area contributed by atoms with Gasteiger partial charge in [-0.05, 0) is 42.7 Å². The SMILES string of the molecule is O=C(O)CC[C@H]1CCCN(C(=O)Cn2ccc3ccccc32)C1. The van der Waals surface area contributed by atoms with E-state index in [1.807, 2.05) is 46.0 Å². The number of piperidine rings is 1. The first-order valence-corrected chi connectivity index (χ1v) is 8.17. The third kappa shape index (κ3) is 3.73. The van der Waals surface area contributed by atoms with Crippen molar-refractivity contribution in [1.29, 1.82) is 0 Å². The van der Waals surface area contributed by atoms with Crippen LogP contribution in [0.2, 0.25) is 0 Å². The van der Waals surface area contributed by atoms with Crippen LogP contribution in [0.15, 0.2) is 36.5 Å². The van der Waals surface area contributed by atoms with Crippen LogP contribution in [-0.4, -0.2) is 39.5 Å². The lowest BCUT2D eigenvalue weighted by molar-refractivity contribution is -0.137. The fourth-order valence-corrected chi connectivity index (χ4v) is 3.38. The van der Waals surface area contributed by atoms with Crippen LogP contribution in [0, 0.1) is 5.92 Å².